The van der Waals surface area contributed by atoms with Gasteiger partial charge in [0.2, 0.25) is 5.95 Å². The summed E-state index contributed by atoms with van der Waals surface area (Å²) >= 11 is 0. The Morgan fingerprint density at radius 3 is 1.88 bits per heavy atom. The van der Waals surface area contributed by atoms with Crippen molar-refractivity contribution < 1.29 is 5.48 Å². The zero-order valence-electron chi connectivity index (χ0n) is 13.5. The average Bonchev–Trinajstić information content (AvgIpc) is 2.62. The number of hydrogen-bond donors (Lipinski definition) is 2. The van der Waals surface area contributed by atoms with Crippen LogP contribution in [-0.4, -0.2) is 15.4 Å². The molecule has 0 saturated carbocycles. The Labute approximate surface area is 145 Å². The molecule has 0 amide bonds. The van der Waals surface area contributed by atoms with Gasteiger partial charge in [0.1, 0.15) is 5.82 Å². The third-order valence-corrected chi connectivity index (χ3v) is 4.04. The van der Waals surface area contributed by atoms with Crippen LogP contribution in [0.4, 0.5) is 11.8 Å². The minimum atomic E-state index is 0. The fourth-order valence-corrected chi connectivity index (χ4v) is 2.91. The molecule has 0 bridgehead atoms. The van der Waals surface area contributed by atoms with Gasteiger partial charge in [-0.3, -0.25) is 0 Å². The highest BCUT2D eigenvalue weighted by Gasteiger charge is 2.12. The second kappa shape index (κ2) is 6.59. The van der Waals surface area contributed by atoms with Gasteiger partial charge in [-0.2, -0.15) is 4.98 Å². The SMILES string of the molecule is Nc1nc(N)c2cc(-c3ccccc3)cc(-c3ccccc3)c2n1.O. The number of aromatic nitrogens is 2. The van der Waals surface area contributed by atoms with Crippen LogP contribution < -0.4 is 11.5 Å². The van der Waals surface area contributed by atoms with Crippen molar-refractivity contribution in [2.75, 3.05) is 11.5 Å². The van der Waals surface area contributed by atoms with E-state index in [0.717, 1.165) is 33.2 Å². The zero-order chi connectivity index (χ0) is 16.5. The molecule has 124 valence electrons. The van der Waals surface area contributed by atoms with Gasteiger partial charge in [-0.1, -0.05) is 60.7 Å². The number of fused-ring (bicyclic) bond motifs is 1. The molecule has 4 rings (SSSR count). The largest absolute Gasteiger partial charge is 0.412 e. The zero-order valence-corrected chi connectivity index (χ0v) is 13.5. The lowest BCUT2D eigenvalue weighted by atomic mass is 9.96. The number of hydrogen-bond acceptors (Lipinski definition) is 4. The van der Waals surface area contributed by atoms with Crippen molar-refractivity contribution >= 4 is 22.7 Å². The molecule has 0 atom stereocenters. The summed E-state index contributed by atoms with van der Waals surface area (Å²) < 4.78 is 0. The Morgan fingerprint density at radius 2 is 1.24 bits per heavy atom. The Hall–Kier alpha value is -3.44. The maximum absolute atomic E-state index is 6.12. The fraction of sp³-hybridized carbons (Fsp3) is 0. The van der Waals surface area contributed by atoms with Gasteiger partial charge in [0.15, 0.2) is 0 Å². The first-order valence-corrected chi connectivity index (χ1v) is 7.70. The van der Waals surface area contributed by atoms with E-state index in [-0.39, 0.29) is 11.4 Å². The molecule has 0 spiro atoms. The first kappa shape index (κ1) is 16.4. The van der Waals surface area contributed by atoms with Crippen LogP contribution in [0, 0.1) is 0 Å². The molecule has 1 heterocycles. The molecule has 5 heteroatoms. The molecule has 6 N–H and O–H groups in total. The minimum Gasteiger partial charge on any atom is -0.412 e. The van der Waals surface area contributed by atoms with Crippen molar-refractivity contribution in [3.8, 4) is 22.3 Å². The molecule has 0 fully saturated rings. The van der Waals surface area contributed by atoms with E-state index < -0.39 is 0 Å². The number of nitrogens with two attached hydrogens (primary N) is 2. The number of benzene rings is 3. The predicted octanol–water partition coefficient (Wildman–Crippen LogP) is 3.30. The van der Waals surface area contributed by atoms with Gasteiger partial charge in [0.25, 0.3) is 0 Å². The first-order valence-electron chi connectivity index (χ1n) is 7.70. The van der Waals surface area contributed by atoms with Crippen molar-refractivity contribution in [2.45, 2.75) is 0 Å². The van der Waals surface area contributed by atoms with Crippen molar-refractivity contribution in [2.24, 2.45) is 0 Å². The van der Waals surface area contributed by atoms with Crippen LogP contribution in [-0.2, 0) is 0 Å². The highest BCUT2D eigenvalue weighted by Crippen LogP contribution is 2.35. The lowest BCUT2D eigenvalue weighted by Gasteiger charge is -2.12. The van der Waals surface area contributed by atoms with E-state index in [9.17, 15) is 0 Å². The molecule has 25 heavy (non-hydrogen) atoms. The molecule has 1 aromatic heterocycles. The summed E-state index contributed by atoms with van der Waals surface area (Å²) in [6.45, 7) is 0. The van der Waals surface area contributed by atoms with E-state index in [4.69, 9.17) is 11.5 Å². The maximum atomic E-state index is 6.12. The number of anilines is 2. The first-order chi connectivity index (χ1) is 11.7. The molecule has 5 nitrogen and oxygen atoms in total. The topological polar surface area (TPSA) is 109 Å². The second-order valence-electron chi connectivity index (χ2n) is 5.62. The van der Waals surface area contributed by atoms with Crippen molar-refractivity contribution in [1.82, 2.24) is 9.97 Å². The van der Waals surface area contributed by atoms with E-state index in [1.54, 1.807) is 0 Å². The number of rotatable bonds is 2. The summed E-state index contributed by atoms with van der Waals surface area (Å²) in [7, 11) is 0. The summed E-state index contributed by atoms with van der Waals surface area (Å²) in [5.74, 6) is 0.581. The van der Waals surface area contributed by atoms with Gasteiger partial charge in [0.05, 0.1) is 5.52 Å². The second-order valence-corrected chi connectivity index (χ2v) is 5.62. The highest BCUT2D eigenvalue weighted by molar-refractivity contribution is 6.02. The van der Waals surface area contributed by atoms with Gasteiger partial charge in [-0.25, -0.2) is 4.98 Å². The van der Waals surface area contributed by atoms with E-state index >= 15 is 0 Å². The smallest absolute Gasteiger partial charge is 0.222 e. The van der Waals surface area contributed by atoms with Crippen LogP contribution in [0.15, 0.2) is 72.8 Å². The van der Waals surface area contributed by atoms with Crippen LogP contribution >= 0.6 is 0 Å². The van der Waals surface area contributed by atoms with Crippen molar-refractivity contribution in [3.05, 3.63) is 72.8 Å². The van der Waals surface area contributed by atoms with Gasteiger partial charge in [-0.05, 0) is 28.8 Å². The predicted molar refractivity (Wildman–Crippen MR) is 103 cm³/mol. The monoisotopic (exact) mass is 330 g/mol. The normalized spacial score (nSPS) is 10.4. The Bertz CT molecular complexity index is 1020. The van der Waals surface area contributed by atoms with Crippen LogP contribution in [0.5, 0.6) is 0 Å². The highest BCUT2D eigenvalue weighted by atomic mass is 16.0. The average molecular weight is 330 g/mol. The summed E-state index contributed by atoms with van der Waals surface area (Å²) in [6, 6.07) is 24.4. The third kappa shape index (κ3) is 3.00. The van der Waals surface area contributed by atoms with Gasteiger partial charge < -0.3 is 16.9 Å². The fourth-order valence-electron chi connectivity index (χ4n) is 2.91. The number of nitrogen functional groups attached to an aromatic ring is 2. The molecule has 0 aliphatic carbocycles. The quantitative estimate of drug-likeness (QED) is 0.587. The summed E-state index contributed by atoms with van der Waals surface area (Å²) in [4.78, 5) is 8.55. The molecule has 0 saturated heterocycles. The van der Waals surface area contributed by atoms with Crippen molar-refractivity contribution in [1.29, 1.82) is 0 Å². The van der Waals surface area contributed by atoms with E-state index in [1.807, 2.05) is 42.5 Å². The minimum absolute atomic E-state index is 0. The molecule has 0 aliphatic rings. The molecular formula is C20H18N4O. The molecule has 0 aliphatic heterocycles. The Kier molecular flexibility index (Phi) is 4.33. The number of nitrogens with zero attached hydrogens (tertiary/aromatic N) is 2. The lowest BCUT2D eigenvalue weighted by Crippen LogP contribution is -2.01. The molecular weight excluding hydrogens is 312 g/mol. The lowest BCUT2D eigenvalue weighted by molar-refractivity contribution is 0.824. The van der Waals surface area contributed by atoms with Gasteiger partial charge in [0, 0.05) is 10.9 Å². The standard InChI is InChI=1S/C20H16N4.H2O/c21-19-17-12-15(13-7-3-1-4-8-13)11-16(14-9-5-2-6-10-14)18(17)23-20(22)24-19;/h1-12H,(H4,21,22,23,24);1H2. The van der Waals surface area contributed by atoms with Crippen molar-refractivity contribution in [3.63, 3.8) is 0 Å². The summed E-state index contributed by atoms with van der Waals surface area (Å²) in [5, 5.41) is 0.810. The molecule has 3 aromatic carbocycles. The molecule has 4 aromatic rings. The van der Waals surface area contributed by atoms with Crippen LogP contribution in [0.2, 0.25) is 0 Å². The van der Waals surface area contributed by atoms with Gasteiger partial charge >= 0.3 is 0 Å². The van der Waals surface area contributed by atoms with Gasteiger partial charge in [-0.15, -0.1) is 0 Å². The van der Waals surface area contributed by atoms with Crippen LogP contribution in [0.1, 0.15) is 0 Å². The van der Waals surface area contributed by atoms with E-state index in [2.05, 4.69) is 40.3 Å². The Morgan fingerprint density at radius 1 is 0.640 bits per heavy atom. The van der Waals surface area contributed by atoms with Crippen LogP contribution in [0.25, 0.3) is 33.2 Å². The molecule has 0 unspecified atom stereocenters. The molecule has 0 radical (unpaired) electrons. The maximum Gasteiger partial charge on any atom is 0.222 e. The third-order valence-electron chi connectivity index (χ3n) is 4.04. The van der Waals surface area contributed by atoms with E-state index in [0.29, 0.717) is 5.82 Å². The van der Waals surface area contributed by atoms with E-state index in [1.165, 1.54) is 0 Å². The Balaban J connectivity index is 0.00000182. The summed E-state index contributed by atoms with van der Waals surface area (Å²) in [6.07, 6.45) is 0. The summed E-state index contributed by atoms with van der Waals surface area (Å²) in [5.41, 5.74) is 17.0. The van der Waals surface area contributed by atoms with Crippen LogP contribution in [0.3, 0.4) is 0 Å².